The molecule has 0 aliphatic rings. The molecule has 3 aromatic carbocycles. The lowest BCUT2D eigenvalue weighted by Crippen LogP contribution is -2.03. The summed E-state index contributed by atoms with van der Waals surface area (Å²) < 4.78 is 13.4. The number of methoxy groups -OCH3 is 1. The summed E-state index contributed by atoms with van der Waals surface area (Å²) in [5, 5.41) is 4.49. The van der Waals surface area contributed by atoms with Gasteiger partial charge < -0.3 is 14.8 Å². The van der Waals surface area contributed by atoms with Gasteiger partial charge in [-0.3, -0.25) is 0 Å². The van der Waals surface area contributed by atoms with E-state index in [1.165, 1.54) is 0 Å². The molecule has 7 heteroatoms. The minimum absolute atomic E-state index is 0.445. The third kappa shape index (κ3) is 5.57. The molecular weight excluding hydrogens is 529 g/mol. The molecule has 3 rings (SSSR count). The molecule has 0 bridgehead atoms. The van der Waals surface area contributed by atoms with E-state index in [9.17, 15) is 0 Å². The van der Waals surface area contributed by atoms with Crippen LogP contribution in [0.2, 0.25) is 10.0 Å². The van der Waals surface area contributed by atoms with E-state index >= 15 is 0 Å². The van der Waals surface area contributed by atoms with E-state index in [-0.39, 0.29) is 0 Å². The largest absolute Gasteiger partial charge is 0.493 e. The molecule has 3 aromatic rings. The van der Waals surface area contributed by atoms with E-state index in [0.717, 1.165) is 25.8 Å². The number of benzene rings is 3. The van der Waals surface area contributed by atoms with Gasteiger partial charge in [0, 0.05) is 16.0 Å². The summed E-state index contributed by atoms with van der Waals surface area (Å²) in [5.74, 6) is 1.32. The third-order valence-corrected chi connectivity index (χ3v) is 5.67. The molecule has 1 N–H and O–H groups in total. The highest BCUT2D eigenvalue weighted by molar-refractivity contribution is 9.10. The summed E-state index contributed by atoms with van der Waals surface area (Å²) in [6.45, 7) is 1.02. The van der Waals surface area contributed by atoms with Crippen LogP contribution in [0.4, 0.5) is 5.69 Å². The summed E-state index contributed by atoms with van der Waals surface area (Å²) in [6, 6.07) is 17.3. The van der Waals surface area contributed by atoms with Crippen molar-refractivity contribution >= 4 is 60.7 Å². The maximum absolute atomic E-state index is 6.22. The maximum atomic E-state index is 6.22. The fourth-order valence-electron chi connectivity index (χ4n) is 2.58. The molecule has 0 unspecified atom stereocenters. The van der Waals surface area contributed by atoms with Gasteiger partial charge in [-0.25, -0.2) is 0 Å². The summed E-state index contributed by atoms with van der Waals surface area (Å²) in [7, 11) is 1.63. The SMILES string of the molecule is COc1cc(CNc2ccc(Cl)cc2Cl)cc(Br)c1OCc1ccc(Br)cc1. The summed E-state index contributed by atoms with van der Waals surface area (Å²) in [5.41, 5.74) is 2.91. The Hall–Kier alpha value is -1.40. The molecule has 0 aliphatic heterocycles. The van der Waals surface area contributed by atoms with E-state index in [2.05, 4.69) is 37.2 Å². The van der Waals surface area contributed by atoms with Crippen molar-refractivity contribution in [2.75, 3.05) is 12.4 Å². The van der Waals surface area contributed by atoms with Gasteiger partial charge in [0.25, 0.3) is 0 Å². The molecule has 0 aliphatic carbocycles. The van der Waals surface area contributed by atoms with Crippen LogP contribution < -0.4 is 14.8 Å². The van der Waals surface area contributed by atoms with Crippen molar-refractivity contribution in [3.05, 3.63) is 84.7 Å². The van der Waals surface area contributed by atoms with Gasteiger partial charge in [0.15, 0.2) is 11.5 Å². The number of halogens is 4. The quantitative estimate of drug-likeness (QED) is 0.330. The Morgan fingerprint density at radius 3 is 2.36 bits per heavy atom. The van der Waals surface area contributed by atoms with E-state index in [0.29, 0.717) is 34.7 Å². The molecule has 0 radical (unpaired) electrons. The summed E-state index contributed by atoms with van der Waals surface area (Å²) in [4.78, 5) is 0. The van der Waals surface area contributed by atoms with Crippen LogP contribution in [0.5, 0.6) is 11.5 Å². The Bertz CT molecular complexity index is 965. The zero-order valence-electron chi connectivity index (χ0n) is 14.9. The molecule has 0 amide bonds. The standard InChI is InChI=1S/C21H17Br2Cl2NO2/c1-27-20-9-14(11-26-19-7-6-16(24)10-18(19)25)8-17(23)21(20)28-12-13-2-4-15(22)5-3-13/h2-10,26H,11-12H2,1H3. The Morgan fingerprint density at radius 1 is 0.929 bits per heavy atom. The van der Waals surface area contributed by atoms with Gasteiger partial charge in [0.1, 0.15) is 6.61 Å². The molecule has 0 heterocycles. The fourth-order valence-corrected chi connectivity index (χ4v) is 3.93. The van der Waals surface area contributed by atoms with Crippen LogP contribution in [0.1, 0.15) is 11.1 Å². The first-order valence-electron chi connectivity index (χ1n) is 8.39. The Balaban J connectivity index is 1.72. The molecule has 3 nitrogen and oxygen atoms in total. The lowest BCUT2D eigenvalue weighted by Gasteiger charge is -2.15. The lowest BCUT2D eigenvalue weighted by atomic mass is 10.2. The fraction of sp³-hybridized carbons (Fsp3) is 0.143. The third-order valence-electron chi connectivity index (χ3n) is 4.00. The second-order valence-electron chi connectivity index (χ2n) is 6.00. The van der Waals surface area contributed by atoms with Crippen LogP contribution in [0.3, 0.4) is 0 Å². The summed E-state index contributed by atoms with van der Waals surface area (Å²) >= 11 is 19.2. The van der Waals surface area contributed by atoms with Crippen LogP contribution in [-0.2, 0) is 13.2 Å². The van der Waals surface area contributed by atoms with Gasteiger partial charge in [0.2, 0.25) is 0 Å². The first-order chi connectivity index (χ1) is 13.5. The molecular formula is C21H17Br2Cl2NO2. The van der Waals surface area contributed by atoms with E-state index < -0.39 is 0 Å². The van der Waals surface area contributed by atoms with Crippen LogP contribution >= 0.6 is 55.1 Å². The predicted molar refractivity (Wildman–Crippen MR) is 123 cm³/mol. The monoisotopic (exact) mass is 543 g/mol. The highest BCUT2D eigenvalue weighted by Crippen LogP contribution is 2.37. The van der Waals surface area contributed by atoms with Gasteiger partial charge in [-0.05, 0) is 69.5 Å². The molecule has 0 atom stereocenters. The molecule has 146 valence electrons. The van der Waals surface area contributed by atoms with Crippen LogP contribution in [0, 0.1) is 0 Å². The van der Waals surface area contributed by atoms with Crippen molar-refractivity contribution in [2.45, 2.75) is 13.2 Å². The number of nitrogens with one attached hydrogen (secondary N) is 1. The topological polar surface area (TPSA) is 30.5 Å². The van der Waals surface area contributed by atoms with Gasteiger partial charge in [-0.15, -0.1) is 0 Å². The average molecular weight is 546 g/mol. The van der Waals surface area contributed by atoms with Crippen molar-refractivity contribution in [1.82, 2.24) is 0 Å². The highest BCUT2D eigenvalue weighted by atomic mass is 79.9. The number of hydrogen-bond acceptors (Lipinski definition) is 3. The summed E-state index contributed by atoms with van der Waals surface area (Å²) in [6.07, 6.45) is 0. The van der Waals surface area contributed by atoms with Crippen LogP contribution in [-0.4, -0.2) is 7.11 Å². The molecule has 0 spiro atoms. The molecule has 0 saturated carbocycles. The second-order valence-corrected chi connectivity index (χ2v) is 8.62. The van der Waals surface area contributed by atoms with Crippen molar-refractivity contribution < 1.29 is 9.47 Å². The van der Waals surface area contributed by atoms with E-state index in [1.807, 2.05) is 42.5 Å². The maximum Gasteiger partial charge on any atom is 0.175 e. The van der Waals surface area contributed by atoms with Crippen LogP contribution in [0.25, 0.3) is 0 Å². The second kappa shape index (κ2) is 9.88. The Morgan fingerprint density at radius 2 is 1.68 bits per heavy atom. The van der Waals surface area contributed by atoms with E-state index in [4.69, 9.17) is 32.7 Å². The number of rotatable bonds is 7. The van der Waals surface area contributed by atoms with Gasteiger partial charge >= 0.3 is 0 Å². The Kier molecular flexibility index (Phi) is 7.52. The average Bonchev–Trinajstić information content (AvgIpc) is 2.67. The van der Waals surface area contributed by atoms with Crippen molar-refractivity contribution in [3.63, 3.8) is 0 Å². The highest BCUT2D eigenvalue weighted by Gasteiger charge is 2.12. The van der Waals surface area contributed by atoms with Crippen LogP contribution in [0.15, 0.2) is 63.5 Å². The lowest BCUT2D eigenvalue weighted by molar-refractivity contribution is 0.282. The molecule has 0 saturated heterocycles. The van der Waals surface area contributed by atoms with Crippen molar-refractivity contribution in [3.8, 4) is 11.5 Å². The zero-order valence-corrected chi connectivity index (χ0v) is 19.6. The number of ether oxygens (including phenoxy) is 2. The van der Waals surface area contributed by atoms with Crippen molar-refractivity contribution in [1.29, 1.82) is 0 Å². The van der Waals surface area contributed by atoms with Gasteiger partial charge in [0.05, 0.1) is 22.3 Å². The first kappa shape index (κ1) is 21.3. The number of anilines is 1. The molecule has 28 heavy (non-hydrogen) atoms. The minimum atomic E-state index is 0.445. The molecule has 0 aromatic heterocycles. The first-order valence-corrected chi connectivity index (χ1v) is 10.7. The Labute approximate surface area is 191 Å². The smallest absolute Gasteiger partial charge is 0.175 e. The van der Waals surface area contributed by atoms with Crippen molar-refractivity contribution in [2.24, 2.45) is 0 Å². The minimum Gasteiger partial charge on any atom is -0.493 e. The molecule has 0 fully saturated rings. The van der Waals surface area contributed by atoms with E-state index in [1.54, 1.807) is 19.2 Å². The van der Waals surface area contributed by atoms with Gasteiger partial charge in [-0.2, -0.15) is 0 Å². The predicted octanol–water partition coefficient (Wildman–Crippen LogP) is 7.72. The zero-order chi connectivity index (χ0) is 20.1. The number of hydrogen-bond donors (Lipinski definition) is 1. The van der Waals surface area contributed by atoms with Gasteiger partial charge in [-0.1, -0.05) is 51.3 Å². The normalized spacial score (nSPS) is 10.6.